The summed E-state index contributed by atoms with van der Waals surface area (Å²) in [5.41, 5.74) is 0.846. The first-order valence-corrected chi connectivity index (χ1v) is 5.25. The van der Waals surface area contributed by atoms with Crippen LogP contribution in [0, 0.1) is 6.92 Å². The smallest absolute Gasteiger partial charge is 0.325 e. The van der Waals surface area contributed by atoms with Crippen LogP contribution in [0.1, 0.15) is 12.5 Å². The average molecular weight is 237 g/mol. The molecular formula is C11H15N3O3. The molecule has 92 valence electrons. The molecule has 1 heterocycles. The summed E-state index contributed by atoms with van der Waals surface area (Å²) in [5, 5.41) is 4.92. The maximum Gasteiger partial charge on any atom is 0.325 e. The molecule has 0 saturated carbocycles. The van der Waals surface area contributed by atoms with Gasteiger partial charge in [-0.3, -0.25) is 10.1 Å². The van der Waals surface area contributed by atoms with Crippen molar-refractivity contribution in [3.05, 3.63) is 23.9 Å². The fourth-order valence-electron chi connectivity index (χ4n) is 1.13. The summed E-state index contributed by atoms with van der Waals surface area (Å²) in [5.74, 6) is -0.00532. The van der Waals surface area contributed by atoms with E-state index in [0.717, 1.165) is 5.56 Å². The van der Waals surface area contributed by atoms with E-state index in [9.17, 15) is 9.59 Å². The van der Waals surface area contributed by atoms with Gasteiger partial charge in [0.1, 0.15) is 12.4 Å². The zero-order valence-corrected chi connectivity index (χ0v) is 9.82. The third-order valence-corrected chi connectivity index (χ3v) is 1.94. The Bertz CT molecular complexity index is 407. The highest BCUT2D eigenvalue weighted by molar-refractivity contribution is 5.91. The predicted octanol–water partition coefficient (Wildman–Crippen LogP) is 1.07. The lowest BCUT2D eigenvalue weighted by atomic mass is 10.3. The van der Waals surface area contributed by atoms with E-state index in [2.05, 4.69) is 20.4 Å². The van der Waals surface area contributed by atoms with E-state index in [0.29, 0.717) is 12.4 Å². The largest absolute Gasteiger partial charge is 0.465 e. The van der Waals surface area contributed by atoms with Gasteiger partial charge in [-0.05, 0) is 25.5 Å². The summed E-state index contributed by atoms with van der Waals surface area (Å²) >= 11 is 0. The summed E-state index contributed by atoms with van der Waals surface area (Å²) < 4.78 is 4.67. The van der Waals surface area contributed by atoms with E-state index in [1.165, 1.54) is 0 Å². The van der Waals surface area contributed by atoms with Gasteiger partial charge >= 0.3 is 12.0 Å². The van der Waals surface area contributed by atoms with Crippen molar-refractivity contribution >= 4 is 17.8 Å². The minimum atomic E-state index is -0.486. The molecule has 0 atom stereocenters. The minimum absolute atomic E-state index is 0.161. The van der Waals surface area contributed by atoms with Gasteiger partial charge in [0, 0.05) is 6.20 Å². The lowest BCUT2D eigenvalue weighted by Gasteiger charge is -2.08. The average Bonchev–Trinajstić information content (AvgIpc) is 2.30. The lowest BCUT2D eigenvalue weighted by molar-refractivity contribution is -0.141. The van der Waals surface area contributed by atoms with E-state index in [-0.39, 0.29) is 6.54 Å². The van der Waals surface area contributed by atoms with Gasteiger partial charge in [0.2, 0.25) is 0 Å². The van der Waals surface area contributed by atoms with E-state index in [1.807, 2.05) is 13.0 Å². The molecule has 1 aromatic heterocycles. The van der Waals surface area contributed by atoms with Crippen molar-refractivity contribution < 1.29 is 14.3 Å². The van der Waals surface area contributed by atoms with Gasteiger partial charge in [-0.15, -0.1) is 0 Å². The zero-order chi connectivity index (χ0) is 12.7. The number of hydrogen-bond donors (Lipinski definition) is 2. The molecule has 0 bridgehead atoms. The Morgan fingerprint density at radius 1 is 1.47 bits per heavy atom. The van der Waals surface area contributed by atoms with E-state index in [4.69, 9.17) is 0 Å². The Kier molecular flexibility index (Phi) is 4.93. The van der Waals surface area contributed by atoms with Crippen LogP contribution in [-0.4, -0.2) is 30.1 Å². The minimum Gasteiger partial charge on any atom is -0.465 e. The number of aryl methyl sites for hydroxylation is 1. The second-order valence-corrected chi connectivity index (χ2v) is 3.28. The highest BCUT2D eigenvalue weighted by atomic mass is 16.5. The van der Waals surface area contributed by atoms with E-state index >= 15 is 0 Å². The summed E-state index contributed by atoms with van der Waals surface area (Å²) in [6.07, 6.45) is 1.58. The van der Waals surface area contributed by atoms with Gasteiger partial charge in [-0.2, -0.15) is 0 Å². The van der Waals surface area contributed by atoms with Crippen LogP contribution in [0.3, 0.4) is 0 Å². The number of esters is 1. The van der Waals surface area contributed by atoms with Gasteiger partial charge in [0.15, 0.2) is 0 Å². The number of aromatic nitrogens is 1. The van der Waals surface area contributed by atoms with Crippen LogP contribution in [0.25, 0.3) is 0 Å². The molecule has 0 radical (unpaired) electrons. The lowest BCUT2D eigenvalue weighted by Crippen LogP contribution is -2.34. The Balaban J connectivity index is 2.40. The second kappa shape index (κ2) is 6.47. The van der Waals surface area contributed by atoms with Crippen molar-refractivity contribution in [1.82, 2.24) is 10.3 Å². The number of pyridine rings is 1. The highest BCUT2D eigenvalue weighted by Gasteiger charge is 2.07. The summed E-state index contributed by atoms with van der Waals surface area (Å²) in [6, 6.07) is 3.12. The number of hydrogen-bond acceptors (Lipinski definition) is 4. The van der Waals surface area contributed by atoms with Crippen LogP contribution in [0.2, 0.25) is 0 Å². The van der Waals surface area contributed by atoms with Crippen molar-refractivity contribution in [3.8, 4) is 0 Å². The van der Waals surface area contributed by atoms with Gasteiger partial charge in [0.05, 0.1) is 6.61 Å². The van der Waals surface area contributed by atoms with Crippen molar-refractivity contribution in [3.63, 3.8) is 0 Å². The van der Waals surface area contributed by atoms with Crippen molar-refractivity contribution in [2.45, 2.75) is 13.8 Å². The Morgan fingerprint density at radius 3 is 2.88 bits per heavy atom. The fraction of sp³-hybridized carbons (Fsp3) is 0.364. The topological polar surface area (TPSA) is 80.3 Å². The molecule has 6 nitrogen and oxygen atoms in total. The first-order chi connectivity index (χ1) is 8.13. The number of ether oxygens (including phenoxy) is 1. The first-order valence-electron chi connectivity index (χ1n) is 5.25. The Labute approximate surface area is 99.4 Å². The number of carbonyl (C=O) groups excluding carboxylic acids is 2. The van der Waals surface area contributed by atoms with Crippen molar-refractivity contribution in [1.29, 1.82) is 0 Å². The molecule has 0 aliphatic rings. The van der Waals surface area contributed by atoms with Gasteiger partial charge in [0.25, 0.3) is 0 Å². The summed E-state index contributed by atoms with van der Waals surface area (Å²) in [6.45, 7) is 3.66. The molecule has 0 spiro atoms. The highest BCUT2D eigenvalue weighted by Crippen LogP contribution is 2.08. The third kappa shape index (κ3) is 4.50. The molecule has 2 N–H and O–H groups in total. The molecule has 1 rings (SSSR count). The van der Waals surface area contributed by atoms with Crippen LogP contribution in [0.5, 0.6) is 0 Å². The fourth-order valence-corrected chi connectivity index (χ4v) is 1.13. The standard InChI is InChI=1S/C11H15N3O3/c1-3-17-9(15)7-13-11(16)14-10-8(2)5-4-6-12-10/h4-6H,3,7H2,1-2H3,(H2,12,13,14,16). The molecular weight excluding hydrogens is 222 g/mol. The SMILES string of the molecule is CCOC(=O)CNC(=O)Nc1ncccc1C. The van der Waals surface area contributed by atoms with Crippen molar-refractivity contribution in [2.75, 3.05) is 18.5 Å². The number of nitrogens with zero attached hydrogens (tertiary/aromatic N) is 1. The molecule has 0 fully saturated rings. The monoisotopic (exact) mass is 237 g/mol. The molecule has 0 aliphatic heterocycles. The third-order valence-electron chi connectivity index (χ3n) is 1.94. The maximum atomic E-state index is 11.4. The number of rotatable bonds is 4. The molecule has 0 unspecified atom stereocenters. The van der Waals surface area contributed by atoms with Gasteiger partial charge < -0.3 is 10.1 Å². The Morgan fingerprint density at radius 2 is 2.24 bits per heavy atom. The molecule has 17 heavy (non-hydrogen) atoms. The first kappa shape index (κ1) is 13.0. The number of anilines is 1. The van der Waals surface area contributed by atoms with Gasteiger partial charge in [-0.25, -0.2) is 9.78 Å². The summed E-state index contributed by atoms with van der Waals surface area (Å²) in [4.78, 5) is 26.4. The second-order valence-electron chi connectivity index (χ2n) is 3.28. The number of carbonyl (C=O) groups is 2. The van der Waals surface area contributed by atoms with E-state index < -0.39 is 12.0 Å². The molecule has 0 aliphatic carbocycles. The van der Waals surface area contributed by atoms with Crippen LogP contribution < -0.4 is 10.6 Å². The molecule has 6 heteroatoms. The van der Waals surface area contributed by atoms with Crippen LogP contribution in [0.4, 0.5) is 10.6 Å². The number of urea groups is 1. The summed E-state index contributed by atoms with van der Waals surface area (Å²) in [7, 11) is 0. The van der Waals surface area contributed by atoms with Crippen molar-refractivity contribution in [2.24, 2.45) is 0 Å². The molecule has 2 amide bonds. The van der Waals surface area contributed by atoms with Crippen LogP contribution in [-0.2, 0) is 9.53 Å². The zero-order valence-electron chi connectivity index (χ0n) is 9.82. The van der Waals surface area contributed by atoms with Gasteiger partial charge in [-0.1, -0.05) is 6.07 Å². The van der Waals surface area contributed by atoms with Crippen LogP contribution in [0.15, 0.2) is 18.3 Å². The predicted molar refractivity (Wildman–Crippen MR) is 62.6 cm³/mol. The maximum absolute atomic E-state index is 11.4. The van der Waals surface area contributed by atoms with Crippen LogP contribution >= 0.6 is 0 Å². The molecule has 0 aromatic carbocycles. The molecule has 0 saturated heterocycles. The quantitative estimate of drug-likeness (QED) is 0.768. The molecule has 1 aromatic rings. The number of amides is 2. The Hall–Kier alpha value is -2.11. The number of nitrogens with one attached hydrogen (secondary N) is 2. The normalized spacial score (nSPS) is 9.53. The van der Waals surface area contributed by atoms with E-state index in [1.54, 1.807) is 19.2 Å².